The first-order chi connectivity index (χ1) is 7.75. The predicted octanol–water partition coefficient (Wildman–Crippen LogP) is 0.766. The molecule has 1 aromatic rings. The van der Waals surface area contributed by atoms with Crippen LogP contribution in [0.4, 0.5) is 5.82 Å². The summed E-state index contributed by atoms with van der Waals surface area (Å²) in [4.78, 5) is 18.5. The Bertz CT molecular complexity index is 377. The second-order valence-corrected chi connectivity index (χ2v) is 3.63. The summed E-state index contributed by atoms with van der Waals surface area (Å²) in [6.07, 6.45) is 4.57. The van der Waals surface area contributed by atoms with Gasteiger partial charge in [-0.15, -0.1) is 0 Å². The third-order valence-electron chi connectivity index (χ3n) is 2.43. The molecule has 1 aliphatic rings. The van der Waals surface area contributed by atoms with Gasteiger partial charge in [-0.3, -0.25) is 4.98 Å². The number of anilines is 1. The van der Waals surface area contributed by atoms with Crippen LogP contribution in [0.5, 0.6) is 0 Å². The summed E-state index contributed by atoms with van der Waals surface area (Å²) >= 11 is 0. The summed E-state index contributed by atoms with van der Waals surface area (Å²) < 4.78 is 5.23. The number of carboxylic acids is 1. The van der Waals surface area contributed by atoms with Crippen molar-refractivity contribution in [2.75, 3.05) is 18.5 Å². The largest absolute Gasteiger partial charge is 0.476 e. The van der Waals surface area contributed by atoms with Gasteiger partial charge in [0, 0.05) is 19.3 Å². The van der Waals surface area contributed by atoms with Crippen LogP contribution >= 0.6 is 0 Å². The second kappa shape index (κ2) is 4.89. The molecule has 0 unspecified atom stereocenters. The Morgan fingerprint density at radius 1 is 1.44 bits per heavy atom. The van der Waals surface area contributed by atoms with Gasteiger partial charge < -0.3 is 15.2 Å². The molecule has 0 spiro atoms. The van der Waals surface area contributed by atoms with Crippen molar-refractivity contribution in [2.45, 2.75) is 18.9 Å². The van der Waals surface area contributed by atoms with Crippen LogP contribution in [0.3, 0.4) is 0 Å². The van der Waals surface area contributed by atoms with Gasteiger partial charge in [-0.1, -0.05) is 0 Å². The number of hydrogen-bond acceptors (Lipinski definition) is 5. The number of rotatable bonds is 3. The Hall–Kier alpha value is -1.69. The highest BCUT2D eigenvalue weighted by Gasteiger charge is 2.14. The van der Waals surface area contributed by atoms with Gasteiger partial charge in [0.1, 0.15) is 5.82 Å². The van der Waals surface area contributed by atoms with Crippen LogP contribution in [0, 0.1) is 0 Å². The number of carboxylic acid groups (broad SMARTS) is 1. The summed E-state index contributed by atoms with van der Waals surface area (Å²) in [5, 5.41) is 11.9. The first-order valence-corrected chi connectivity index (χ1v) is 5.15. The normalized spacial score (nSPS) is 17.0. The molecule has 0 amide bonds. The third kappa shape index (κ3) is 2.66. The zero-order valence-electron chi connectivity index (χ0n) is 8.72. The second-order valence-electron chi connectivity index (χ2n) is 3.63. The van der Waals surface area contributed by atoms with Gasteiger partial charge in [0.15, 0.2) is 5.69 Å². The van der Waals surface area contributed by atoms with Gasteiger partial charge >= 0.3 is 5.97 Å². The van der Waals surface area contributed by atoms with E-state index in [2.05, 4.69) is 15.3 Å². The van der Waals surface area contributed by atoms with E-state index in [0.29, 0.717) is 5.82 Å². The Balaban J connectivity index is 2.02. The molecule has 6 heteroatoms. The van der Waals surface area contributed by atoms with Crippen LogP contribution in [0.15, 0.2) is 12.4 Å². The third-order valence-corrected chi connectivity index (χ3v) is 2.43. The number of nitrogens with one attached hydrogen (secondary N) is 1. The van der Waals surface area contributed by atoms with E-state index in [1.165, 1.54) is 12.4 Å². The first kappa shape index (κ1) is 10.8. The van der Waals surface area contributed by atoms with Crippen molar-refractivity contribution in [1.82, 2.24) is 9.97 Å². The van der Waals surface area contributed by atoms with Crippen LogP contribution in [-0.4, -0.2) is 40.3 Å². The van der Waals surface area contributed by atoms with Crippen LogP contribution in [0.1, 0.15) is 23.3 Å². The minimum absolute atomic E-state index is 0.0444. The fraction of sp³-hybridized carbons (Fsp3) is 0.500. The van der Waals surface area contributed by atoms with Crippen molar-refractivity contribution in [3.8, 4) is 0 Å². The Morgan fingerprint density at radius 2 is 2.19 bits per heavy atom. The van der Waals surface area contributed by atoms with Crippen molar-refractivity contribution < 1.29 is 14.6 Å². The van der Waals surface area contributed by atoms with Gasteiger partial charge in [0.25, 0.3) is 0 Å². The number of ether oxygens (including phenoxy) is 1. The van der Waals surface area contributed by atoms with Gasteiger partial charge in [0.05, 0.1) is 12.4 Å². The minimum Gasteiger partial charge on any atom is -0.476 e. The molecule has 1 saturated heterocycles. The van der Waals surface area contributed by atoms with E-state index in [0.717, 1.165) is 26.1 Å². The molecule has 1 fully saturated rings. The van der Waals surface area contributed by atoms with Crippen molar-refractivity contribution in [3.63, 3.8) is 0 Å². The molecular formula is C10H13N3O3. The number of aromatic nitrogens is 2. The molecule has 1 aromatic heterocycles. The lowest BCUT2D eigenvalue weighted by atomic mass is 10.1. The van der Waals surface area contributed by atoms with E-state index < -0.39 is 5.97 Å². The molecule has 86 valence electrons. The van der Waals surface area contributed by atoms with Crippen LogP contribution in [0.2, 0.25) is 0 Å². The zero-order chi connectivity index (χ0) is 11.4. The molecule has 0 radical (unpaired) electrons. The molecular weight excluding hydrogens is 210 g/mol. The van der Waals surface area contributed by atoms with Gasteiger partial charge in [0.2, 0.25) is 0 Å². The summed E-state index contributed by atoms with van der Waals surface area (Å²) in [6.45, 7) is 1.45. The SMILES string of the molecule is O=C(O)c1cncc(NC2CCOCC2)n1. The monoisotopic (exact) mass is 223 g/mol. The van der Waals surface area contributed by atoms with Gasteiger partial charge in [-0.25, -0.2) is 9.78 Å². The van der Waals surface area contributed by atoms with E-state index in [1.807, 2.05) is 0 Å². The first-order valence-electron chi connectivity index (χ1n) is 5.15. The molecule has 2 N–H and O–H groups in total. The quantitative estimate of drug-likeness (QED) is 0.787. The maximum absolute atomic E-state index is 10.7. The molecule has 2 heterocycles. The lowest BCUT2D eigenvalue weighted by molar-refractivity contribution is 0.0689. The number of hydrogen-bond donors (Lipinski definition) is 2. The van der Waals surface area contributed by atoms with Crippen LogP contribution < -0.4 is 5.32 Å². The van der Waals surface area contributed by atoms with E-state index in [9.17, 15) is 4.79 Å². The summed E-state index contributed by atoms with van der Waals surface area (Å²) in [5.74, 6) is -0.560. The average Bonchev–Trinajstić information content (AvgIpc) is 2.30. The van der Waals surface area contributed by atoms with E-state index in [-0.39, 0.29) is 11.7 Å². The summed E-state index contributed by atoms with van der Waals surface area (Å²) in [7, 11) is 0. The molecule has 6 nitrogen and oxygen atoms in total. The molecule has 0 saturated carbocycles. The highest BCUT2D eigenvalue weighted by Crippen LogP contribution is 2.12. The molecule has 16 heavy (non-hydrogen) atoms. The molecule has 1 aliphatic heterocycles. The number of nitrogens with zero attached hydrogens (tertiary/aromatic N) is 2. The lowest BCUT2D eigenvalue weighted by Crippen LogP contribution is -2.28. The molecule has 0 bridgehead atoms. The van der Waals surface area contributed by atoms with Crippen molar-refractivity contribution in [2.24, 2.45) is 0 Å². The number of carbonyl (C=O) groups is 1. The van der Waals surface area contributed by atoms with E-state index >= 15 is 0 Å². The molecule has 0 atom stereocenters. The Labute approximate surface area is 92.7 Å². The number of aromatic carboxylic acids is 1. The van der Waals surface area contributed by atoms with Crippen molar-refractivity contribution >= 4 is 11.8 Å². The molecule has 2 rings (SSSR count). The van der Waals surface area contributed by atoms with Crippen molar-refractivity contribution in [1.29, 1.82) is 0 Å². The highest BCUT2D eigenvalue weighted by molar-refractivity contribution is 5.85. The highest BCUT2D eigenvalue weighted by atomic mass is 16.5. The summed E-state index contributed by atoms with van der Waals surface area (Å²) in [6, 6.07) is 0.284. The molecule has 0 aliphatic carbocycles. The van der Waals surface area contributed by atoms with Crippen LogP contribution in [-0.2, 0) is 4.74 Å². The topological polar surface area (TPSA) is 84.3 Å². The van der Waals surface area contributed by atoms with Crippen molar-refractivity contribution in [3.05, 3.63) is 18.1 Å². The van der Waals surface area contributed by atoms with E-state index in [1.54, 1.807) is 0 Å². The smallest absolute Gasteiger partial charge is 0.356 e. The molecule has 0 aromatic carbocycles. The van der Waals surface area contributed by atoms with E-state index in [4.69, 9.17) is 9.84 Å². The maximum Gasteiger partial charge on any atom is 0.356 e. The Kier molecular flexibility index (Phi) is 3.31. The average molecular weight is 223 g/mol. The standard InChI is InChI=1S/C10H13N3O3/c14-10(15)8-5-11-6-9(13-8)12-7-1-3-16-4-2-7/h5-7H,1-4H2,(H,12,13)(H,14,15). The van der Waals surface area contributed by atoms with Crippen LogP contribution in [0.25, 0.3) is 0 Å². The fourth-order valence-electron chi connectivity index (χ4n) is 1.59. The maximum atomic E-state index is 10.7. The zero-order valence-corrected chi connectivity index (χ0v) is 8.72. The van der Waals surface area contributed by atoms with Gasteiger partial charge in [-0.05, 0) is 12.8 Å². The van der Waals surface area contributed by atoms with Gasteiger partial charge in [-0.2, -0.15) is 0 Å². The minimum atomic E-state index is -1.07. The predicted molar refractivity (Wildman–Crippen MR) is 56.5 cm³/mol. The Morgan fingerprint density at radius 3 is 2.88 bits per heavy atom. The summed E-state index contributed by atoms with van der Waals surface area (Å²) in [5.41, 5.74) is -0.0444. The fourth-order valence-corrected chi connectivity index (χ4v) is 1.59. The lowest BCUT2D eigenvalue weighted by Gasteiger charge is -2.23.